The summed E-state index contributed by atoms with van der Waals surface area (Å²) in [7, 11) is -0.460. The zero-order chi connectivity index (χ0) is 15.6. The van der Waals surface area contributed by atoms with Crippen molar-refractivity contribution >= 4 is 38.7 Å². The predicted molar refractivity (Wildman–Crippen MR) is 80.7 cm³/mol. The Kier molecular flexibility index (Phi) is 4.14. The van der Waals surface area contributed by atoms with Crippen LogP contribution < -0.4 is 9.62 Å². The molecule has 7 nitrogen and oxygen atoms in total. The van der Waals surface area contributed by atoms with E-state index in [1.54, 1.807) is 31.3 Å². The number of rotatable bonds is 5. The maximum Gasteiger partial charge on any atom is 0.347 e. The van der Waals surface area contributed by atoms with Gasteiger partial charge < -0.3 is 10.0 Å². The number of carboxylic acids is 1. The second-order valence-electron chi connectivity index (χ2n) is 4.31. The van der Waals surface area contributed by atoms with Gasteiger partial charge in [-0.1, -0.05) is 0 Å². The predicted octanol–water partition coefficient (Wildman–Crippen LogP) is 1.71. The highest BCUT2D eigenvalue weighted by molar-refractivity contribution is 7.93. The van der Waals surface area contributed by atoms with Crippen LogP contribution in [0.1, 0.15) is 9.67 Å². The van der Waals surface area contributed by atoms with Crippen LogP contribution in [-0.2, 0) is 10.0 Å². The molecule has 2 aromatic rings. The van der Waals surface area contributed by atoms with Gasteiger partial charge in [0.15, 0.2) is 0 Å². The Labute approximate surface area is 125 Å². The Morgan fingerprint density at radius 1 is 1.38 bits per heavy atom. The third-order valence-corrected chi connectivity index (χ3v) is 5.08. The number of nitrogens with one attached hydrogen (secondary N) is 1. The highest BCUT2D eigenvalue weighted by atomic mass is 32.2. The zero-order valence-corrected chi connectivity index (χ0v) is 12.9. The number of carboxylic acid groups (broad SMARTS) is 1. The minimum Gasteiger partial charge on any atom is -0.477 e. The number of hydrogen-bond acceptors (Lipinski definition) is 6. The van der Waals surface area contributed by atoms with Crippen molar-refractivity contribution in [2.24, 2.45) is 0 Å². The molecule has 0 unspecified atom stereocenters. The van der Waals surface area contributed by atoms with Gasteiger partial charge in [0.1, 0.15) is 9.77 Å². The van der Waals surface area contributed by atoms with E-state index in [4.69, 9.17) is 5.11 Å². The quantitative estimate of drug-likeness (QED) is 0.867. The van der Waals surface area contributed by atoms with Crippen LogP contribution >= 0.6 is 11.3 Å². The summed E-state index contributed by atoms with van der Waals surface area (Å²) in [5, 5.41) is 10.4. The second kappa shape index (κ2) is 5.70. The molecule has 0 bridgehead atoms. The highest BCUT2D eigenvalue weighted by Crippen LogP contribution is 2.28. The minimum absolute atomic E-state index is 0.224. The summed E-state index contributed by atoms with van der Waals surface area (Å²) in [5.74, 6) is -1.27. The van der Waals surface area contributed by atoms with Crippen LogP contribution in [0, 0.1) is 0 Å². The van der Waals surface area contributed by atoms with E-state index >= 15 is 0 Å². The van der Waals surface area contributed by atoms with Crippen LogP contribution in [0.4, 0.5) is 11.4 Å². The molecule has 0 fully saturated rings. The summed E-state index contributed by atoms with van der Waals surface area (Å²) in [6, 6.07) is 2.92. The molecule has 0 atom stereocenters. The number of pyridine rings is 1. The molecule has 0 aliphatic carbocycles. The van der Waals surface area contributed by atoms with Gasteiger partial charge in [0.2, 0.25) is 0 Å². The molecule has 2 heterocycles. The molecule has 2 rings (SSSR count). The van der Waals surface area contributed by atoms with E-state index in [2.05, 4.69) is 9.71 Å². The summed E-state index contributed by atoms with van der Waals surface area (Å²) < 4.78 is 27.1. The Bertz CT molecular complexity index is 768. The fraction of sp³-hybridized carbons (Fsp3) is 0.167. The van der Waals surface area contributed by atoms with Crippen molar-refractivity contribution in [2.75, 3.05) is 23.7 Å². The minimum atomic E-state index is -3.99. The average Bonchev–Trinajstić information content (AvgIpc) is 2.88. The molecule has 0 spiro atoms. The maximum absolute atomic E-state index is 12.3. The van der Waals surface area contributed by atoms with Crippen LogP contribution in [-0.4, -0.2) is 38.6 Å². The smallest absolute Gasteiger partial charge is 0.347 e. The Morgan fingerprint density at radius 3 is 2.71 bits per heavy atom. The van der Waals surface area contributed by atoms with E-state index in [1.165, 1.54) is 17.6 Å². The molecule has 0 aromatic carbocycles. The van der Waals surface area contributed by atoms with E-state index in [9.17, 15) is 13.2 Å². The van der Waals surface area contributed by atoms with Crippen LogP contribution in [0.2, 0.25) is 0 Å². The van der Waals surface area contributed by atoms with Crippen molar-refractivity contribution in [3.8, 4) is 0 Å². The van der Waals surface area contributed by atoms with Gasteiger partial charge in [-0.2, -0.15) is 0 Å². The molecular formula is C12H13N3O4S2. The first kappa shape index (κ1) is 15.3. The van der Waals surface area contributed by atoms with E-state index < -0.39 is 16.0 Å². The monoisotopic (exact) mass is 327 g/mol. The molecule has 0 aliphatic rings. The lowest BCUT2D eigenvalue weighted by atomic mass is 10.3. The fourth-order valence-electron chi connectivity index (χ4n) is 1.72. The molecule has 2 aromatic heterocycles. The number of anilines is 2. The number of thiophene rings is 1. The van der Waals surface area contributed by atoms with Gasteiger partial charge in [0, 0.05) is 20.3 Å². The molecule has 0 aliphatic heterocycles. The number of aromatic carboxylic acids is 1. The second-order valence-corrected chi connectivity index (χ2v) is 6.88. The lowest BCUT2D eigenvalue weighted by molar-refractivity contribution is 0.0698. The molecule has 112 valence electrons. The van der Waals surface area contributed by atoms with Crippen LogP contribution in [0.3, 0.4) is 0 Å². The largest absolute Gasteiger partial charge is 0.477 e. The number of aromatic nitrogens is 1. The molecule has 0 saturated heterocycles. The van der Waals surface area contributed by atoms with E-state index in [1.807, 2.05) is 0 Å². The topological polar surface area (TPSA) is 99.6 Å². The van der Waals surface area contributed by atoms with Gasteiger partial charge in [0.05, 0.1) is 17.6 Å². The first-order chi connectivity index (χ1) is 9.83. The Morgan fingerprint density at radius 2 is 2.10 bits per heavy atom. The summed E-state index contributed by atoms with van der Waals surface area (Å²) in [4.78, 5) is 16.2. The zero-order valence-electron chi connectivity index (χ0n) is 11.3. The van der Waals surface area contributed by atoms with Gasteiger partial charge >= 0.3 is 5.97 Å². The lowest BCUT2D eigenvalue weighted by Crippen LogP contribution is -2.18. The Balaban J connectivity index is 2.43. The van der Waals surface area contributed by atoms with E-state index in [0.29, 0.717) is 5.69 Å². The van der Waals surface area contributed by atoms with Crippen LogP contribution in [0.25, 0.3) is 0 Å². The van der Waals surface area contributed by atoms with Crippen molar-refractivity contribution in [3.63, 3.8) is 0 Å². The first-order valence-corrected chi connectivity index (χ1v) is 8.14. The summed E-state index contributed by atoms with van der Waals surface area (Å²) >= 11 is 0.861. The average molecular weight is 327 g/mol. The van der Waals surface area contributed by atoms with E-state index in [0.717, 1.165) is 11.3 Å². The summed E-state index contributed by atoms with van der Waals surface area (Å²) in [5.41, 5.74) is 0.908. The number of nitrogens with zero attached hydrogens (tertiary/aromatic N) is 2. The van der Waals surface area contributed by atoms with Gasteiger partial charge in [-0.25, -0.2) is 13.2 Å². The normalized spacial score (nSPS) is 11.1. The SMILES string of the molecule is CN(C)c1ccncc1NS(=O)(=O)c1ccsc1C(=O)O. The molecule has 0 amide bonds. The molecular weight excluding hydrogens is 314 g/mol. The van der Waals surface area contributed by atoms with Crippen LogP contribution in [0.5, 0.6) is 0 Å². The summed E-state index contributed by atoms with van der Waals surface area (Å²) in [6.45, 7) is 0. The Hall–Kier alpha value is -2.13. The third kappa shape index (κ3) is 3.14. The van der Waals surface area contributed by atoms with Crippen LogP contribution in [0.15, 0.2) is 34.8 Å². The molecule has 21 heavy (non-hydrogen) atoms. The van der Waals surface area contributed by atoms with E-state index in [-0.39, 0.29) is 15.5 Å². The molecule has 9 heteroatoms. The summed E-state index contributed by atoms with van der Waals surface area (Å²) in [6.07, 6.45) is 2.92. The van der Waals surface area contributed by atoms with Gasteiger partial charge in [-0.05, 0) is 17.5 Å². The lowest BCUT2D eigenvalue weighted by Gasteiger charge is -2.17. The molecule has 0 saturated carbocycles. The van der Waals surface area contributed by atoms with Gasteiger partial charge in [-0.15, -0.1) is 11.3 Å². The van der Waals surface area contributed by atoms with Crippen molar-refractivity contribution < 1.29 is 18.3 Å². The third-order valence-electron chi connectivity index (χ3n) is 2.64. The number of hydrogen-bond donors (Lipinski definition) is 2. The van der Waals surface area contributed by atoms with Crippen molar-refractivity contribution in [3.05, 3.63) is 34.8 Å². The standard InChI is InChI=1S/C12H13N3O4S2/c1-15(2)9-3-5-13-7-8(9)14-21(18,19)10-4-6-20-11(10)12(16)17/h3-7,14H,1-2H3,(H,16,17). The molecule has 0 radical (unpaired) electrons. The van der Waals surface area contributed by atoms with Gasteiger partial charge in [0.25, 0.3) is 10.0 Å². The van der Waals surface area contributed by atoms with Crippen molar-refractivity contribution in [1.82, 2.24) is 4.98 Å². The van der Waals surface area contributed by atoms with Crippen molar-refractivity contribution in [1.29, 1.82) is 0 Å². The van der Waals surface area contributed by atoms with Crippen molar-refractivity contribution in [2.45, 2.75) is 4.90 Å². The maximum atomic E-state index is 12.3. The molecule has 2 N–H and O–H groups in total. The number of sulfonamides is 1. The first-order valence-electron chi connectivity index (χ1n) is 5.78. The highest BCUT2D eigenvalue weighted by Gasteiger charge is 2.24. The number of carbonyl (C=O) groups is 1. The van der Waals surface area contributed by atoms with Gasteiger partial charge in [-0.3, -0.25) is 9.71 Å². The fourth-order valence-corrected chi connectivity index (χ4v) is 4.04.